The molecule has 136 valence electrons. The molecule has 1 fully saturated rings. The van der Waals surface area contributed by atoms with Gasteiger partial charge >= 0.3 is 0 Å². The Balaban J connectivity index is 0.000000219. The number of nitrogens with one attached hydrogen (secondary N) is 1. The fourth-order valence-corrected chi connectivity index (χ4v) is 3.60. The van der Waals surface area contributed by atoms with E-state index in [0.29, 0.717) is 11.5 Å². The Labute approximate surface area is 149 Å². The van der Waals surface area contributed by atoms with Gasteiger partial charge in [-0.25, -0.2) is 0 Å². The van der Waals surface area contributed by atoms with E-state index in [1.54, 1.807) is 14.2 Å². The second kappa shape index (κ2) is 8.39. The third kappa shape index (κ3) is 3.98. The topological polar surface area (TPSA) is 69.4 Å². The van der Waals surface area contributed by atoms with Crippen molar-refractivity contribution < 1.29 is 9.47 Å². The highest BCUT2D eigenvalue weighted by Gasteiger charge is 2.19. The molecule has 2 aromatic rings. The van der Waals surface area contributed by atoms with Gasteiger partial charge < -0.3 is 20.5 Å². The number of aromatic nitrogens is 1. The first-order chi connectivity index (χ1) is 12.2. The molecule has 1 aromatic heterocycles. The molecule has 1 aromatic carbocycles. The average Bonchev–Trinajstić information content (AvgIpc) is 2.91. The summed E-state index contributed by atoms with van der Waals surface area (Å²) < 4.78 is 10.6. The van der Waals surface area contributed by atoms with E-state index < -0.39 is 0 Å². The van der Waals surface area contributed by atoms with Gasteiger partial charge in [0.1, 0.15) is 0 Å². The summed E-state index contributed by atoms with van der Waals surface area (Å²) in [5.74, 6) is 1.38. The minimum absolute atomic E-state index is 0.690. The molecule has 0 amide bonds. The van der Waals surface area contributed by atoms with Crippen molar-refractivity contribution in [1.82, 2.24) is 10.3 Å². The van der Waals surface area contributed by atoms with Crippen LogP contribution in [-0.4, -0.2) is 32.3 Å². The van der Waals surface area contributed by atoms with Crippen LogP contribution in [0.25, 0.3) is 10.9 Å². The molecular weight excluding hydrogens is 314 g/mol. The number of nitrogens with zero attached hydrogens (tertiary/aromatic N) is 1. The van der Waals surface area contributed by atoms with Crippen LogP contribution in [0.15, 0.2) is 12.1 Å². The summed E-state index contributed by atoms with van der Waals surface area (Å²) in [6.07, 6.45) is 8.83. The van der Waals surface area contributed by atoms with Gasteiger partial charge in [-0.1, -0.05) is 12.8 Å². The number of aryl methyl sites for hydroxylation is 1. The lowest BCUT2D eigenvalue weighted by molar-refractivity contribution is 0.356. The quantitative estimate of drug-likeness (QED) is 0.874. The van der Waals surface area contributed by atoms with Crippen molar-refractivity contribution in [2.45, 2.75) is 44.9 Å². The van der Waals surface area contributed by atoms with Crippen LogP contribution in [0.1, 0.15) is 43.4 Å². The molecular formula is C20H29N3O2. The van der Waals surface area contributed by atoms with Crippen molar-refractivity contribution in [2.24, 2.45) is 0 Å². The molecule has 0 bridgehead atoms. The number of hydrogen-bond donors (Lipinski definition) is 2. The molecule has 0 unspecified atom stereocenters. The van der Waals surface area contributed by atoms with E-state index in [4.69, 9.17) is 15.2 Å². The summed E-state index contributed by atoms with van der Waals surface area (Å²) >= 11 is 0. The lowest BCUT2D eigenvalue weighted by atomic mass is 10.1. The Morgan fingerprint density at radius 2 is 1.60 bits per heavy atom. The van der Waals surface area contributed by atoms with Gasteiger partial charge in [0.05, 0.1) is 19.7 Å². The van der Waals surface area contributed by atoms with Gasteiger partial charge in [0.25, 0.3) is 0 Å². The summed E-state index contributed by atoms with van der Waals surface area (Å²) in [6.45, 7) is 2.50. The van der Waals surface area contributed by atoms with Crippen LogP contribution in [0.2, 0.25) is 0 Å². The predicted molar refractivity (Wildman–Crippen MR) is 103 cm³/mol. The average molecular weight is 343 g/mol. The van der Waals surface area contributed by atoms with E-state index in [0.717, 1.165) is 41.5 Å². The van der Waals surface area contributed by atoms with E-state index in [-0.39, 0.29) is 0 Å². The van der Waals surface area contributed by atoms with Crippen molar-refractivity contribution in [1.29, 1.82) is 0 Å². The van der Waals surface area contributed by atoms with Crippen molar-refractivity contribution in [2.75, 3.05) is 33.0 Å². The lowest BCUT2D eigenvalue weighted by Crippen LogP contribution is -2.12. The van der Waals surface area contributed by atoms with Crippen LogP contribution in [0.3, 0.4) is 0 Å². The maximum absolute atomic E-state index is 6.25. The second-order valence-electron chi connectivity index (χ2n) is 6.69. The smallest absolute Gasteiger partial charge is 0.162 e. The number of ether oxygens (including phenoxy) is 2. The first-order valence-electron chi connectivity index (χ1n) is 9.28. The summed E-state index contributed by atoms with van der Waals surface area (Å²) in [5, 5.41) is 4.30. The van der Waals surface area contributed by atoms with E-state index in [2.05, 4.69) is 10.3 Å². The first-order valence-corrected chi connectivity index (χ1v) is 9.28. The molecule has 1 aliphatic heterocycles. The monoisotopic (exact) mass is 343 g/mol. The van der Waals surface area contributed by atoms with Gasteiger partial charge in [-0.05, 0) is 56.8 Å². The Morgan fingerprint density at radius 3 is 2.28 bits per heavy atom. The Hall–Kier alpha value is -2.01. The van der Waals surface area contributed by atoms with Gasteiger partial charge in [-0.2, -0.15) is 0 Å². The van der Waals surface area contributed by atoms with Crippen LogP contribution in [-0.2, 0) is 12.8 Å². The Bertz CT molecular complexity index is 711. The Kier molecular flexibility index (Phi) is 5.97. The molecule has 5 nitrogen and oxygen atoms in total. The number of nitrogens with two attached hydrogens (primary N) is 1. The molecule has 0 atom stereocenters. The van der Waals surface area contributed by atoms with E-state index in [1.165, 1.54) is 44.3 Å². The van der Waals surface area contributed by atoms with Crippen molar-refractivity contribution in [3.63, 3.8) is 0 Å². The Morgan fingerprint density at radius 1 is 0.920 bits per heavy atom. The molecule has 3 N–H and O–H groups in total. The summed E-state index contributed by atoms with van der Waals surface area (Å²) in [7, 11) is 3.25. The number of nitrogen functional groups attached to an aromatic ring is 1. The summed E-state index contributed by atoms with van der Waals surface area (Å²) in [6, 6.07) is 3.80. The molecule has 0 spiro atoms. The van der Waals surface area contributed by atoms with Crippen LogP contribution in [0, 0.1) is 0 Å². The molecule has 0 saturated carbocycles. The fourth-order valence-electron chi connectivity index (χ4n) is 3.60. The first kappa shape index (κ1) is 17.8. The maximum Gasteiger partial charge on any atom is 0.162 e. The van der Waals surface area contributed by atoms with Crippen LogP contribution < -0.4 is 20.5 Å². The second-order valence-corrected chi connectivity index (χ2v) is 6.69. The number of hydrogen-bond acceptors (Lipinski definition) is 5. The zero-order valence-corrected chi connectivity index (χ0v) is 15.4. The lowest BCUT2D eigenvalue weighted by Gasteiger charge is -2.12. The molecule has 1 aliphatic carbocycles. The van der Waals surface area contributed by atoms with Crippen LogP contribution in [0.4, 0.5) is 5.69 Å². The van der Waals surface area contributed by atoms with E-state index in [9.17, 15) is 0 Å². The number of benzene rings is 1. The van der Waals surface area contributed by atoms with Crippen molar-refractivity contribution in [3.05, 3.63) is 23.4 Å². The predicted octanol–water partition coefficient (Wildman–Crippen LogP) is 3.47. The summed E-state index contributed by atoms with van der Waals surface area (Å²) in [5.41, 5.74) is 10.3. The number of fused-ring (bicyclic) bond motifs is 2. The zero-order chi connectivity index (χ0) is 17.6. The highest BCUT2D eigenvalue weighted by molar-refractivity contribution is 5.94. The van der Waals surface area contributed by atoms with Crippen molar-refractivity contribution >= 4 is 16.6 Å². The highest BCUT2D eigenvalue weighted by Crippen LogP contribution is 2.37. The van der Waals surface area contributed by atoms with Gasteiger partial charge in [0, 0.05) is 22.8 Å². The molecule has 0 radical (unpaired) electrons. The van der Waals surface area contributed by atoms with Crippen LogP contribution in [0.5, 0.6) is 11.5 Å². The number of rotatable bonds is 2. The molecule has 2 aliphatic rings. The molecule has 4 rings (SSSR count). The standard InChI is InChI=1S/C14H16N2O2.C6H13N/c1-17-12-6-9-11(7-13(12)18-2)16-10-5-3-4-8(10)14(9)15;1-2-4-6-7-5-3-1/h6-7H,3-5H2,1-2H3,(H2,15,16);7H,1-6H2. The number of anilines is 1. The molecule has 25 heavy (non-hydrogen) atoms. The van der Waals surface area contributed by atoms with Gasteiger partial charge in [0.15, 0.2) is 11.5 Å². The third-order valence-corrected chi connectivity index (χ3v) is 5.02. The normalized spacial score (nSPS) is 16.6. The minimum atomic E-state index is 0.690. The fraction of sp³-hybridized carbons (Fsp3) is 0.550. The molecule has 2 heterocycles. The molecule has 1 saturated heterocycles. The number of methoxy groups -OCH3 is 2. The van der Waals surface area contributed by atoms with E-state index >= 15 is 0 Å². The molecule has 5 heteroatoms. The van der Waals surface area contributed by atoms with Gasteiger partial charge in [-0.15, -0.1) is 0 Å². The van der Waals surface area contributed by atoms with Crippen molar-refractivity contribution in [3.8, 4) is 11.5 Å². The maximum atomic E-state index is 6.25. The SMILES string of the molecule is C1CCCNCC1.COc1cc2nc3c(c(N)c2cc1OC)CCC3. The van der Waals surface area contributed by atoms with Gasteiger partial charge in [0.2, 0.25) is 0 Å². The number of pyridine rings is 1. The highest BCUT2D eigenvalue weighted by atomic mass is 16.5. The largest absolute Gasteiger partial charge is 0.493 e. The van der Waals surface area contributed by atoms with Gasteiger partial charge in [-0.3, -0.25) is 4.98 Å². The minimum Gasteiger partial charge on any atom is -0.493 e. The van der Waals surface area contributed by atoms with Crippen LogP contribution >= 0.6 is 0 Å². The summed E-state index contributed by atoms with van der Waals surface area (Å²) in [4.78, 5) is 4.69. The third-order valence-electron chi connectivity index (χ3n) is 5.02. The van der Waals surface area contributed by atoms with E-state index in [1.807, 2.05) is 12.1 Å². The zero-order valence-electron chi connectivity index (χ0n) is 15.4.